The predicted molar refractivity (Wildman–Crippen MR) is 185 cm³/mol. The number of fused-ring (bicyclic) bond motifs is 4. The summed E-state index contributed by atoms with van der Waals surface area (Å²) in [7, 11) is 1.36. The number of nitrogens with one attached hydrogen (secondary N) is 1. The van der Waals surface area contributed by atoms with E-state index in [1.807, 2.05) is 0 Å². The maximum atomic E-state index is 15.3. The number of rotatable bonds is 9. The van der Waals surface area contributed by atoms with Gasteiger partial charge in [0.05, 0.1) is 40.9 Å². The molecule has 12 nitrogen and oxygen atoms in total. The van der Waals surface area contributed by atoms with Gasteiger partial charge in [0.1, 0.15) is 11.5 Å². The fourth-order valence-electron chi connectivity index (χ4n) is 8.74. The molecule has 2 saturated heterocycles. The average Bonchev–Trinajstić information content (AvgIpc) is 3.49. The first-order valence-electron chi connectivity index (χ1n) is 16.9. The van der Waals surface area contributed by atoms with Crippen molar-refractivity contribution >= 4 is 58.6 Å². The van der Waals surface area contributed by atoms with Crippen LogP contribution in [0.4, 0.5) is 19.0 Å². The molecule has 2 aliphatic heterocycles. The summed E-state index contributed by atoms with van der Waals surface area (Å²) in [5.41, 5.74) is 0.891. The van der Waals surface area contributed by atoms with E-state index in [1.54, 1.807) is 36.4 Å². The van der Waals surface area contributed by atoms with Gasteiger partial charge < -0.3 is 14.9 Å². The van der Waals surface area contributed by atoms with Gasteiger partial charge in [0.2, 0.25) is 11.8 Å². The maximum Gasteiger partial charge on any atom is 0.417 e. The van der Waals surface area contributed by atoms with Crippen LogP contribution in [0.5, 0.6) is 11.5 Å². The van der Waals surface area contributed by atoms with E-state index >= 15 is 4.79 Å². The number of halogens is 5. The number of benzene rings is 2. The number of anilines is 1. The van der Waals surface area contributed by atoms with Gasteiger partial charge in [0.25, 0.3) is 11.8 Å². The number of imide groups is 2. The molecular formula is C37H31Cl2F3N4O8. The van der Waals surface area contributed by atoms with Crippen LogP contribution in [-0.2, 0) is 35.6 Å². The van der Waals surface area contributed by atoms with Crippen molar-refractivity contribution in [3.63, 3.8) is 0 Å². The van der Waals surface area contributed by atoms with Gasteiger partial charge in [-0.15, -0.1) is 0 Å². The van der Waals surface area contributed by atoms with Crippen molar-refractivity contribution in [1.82, 2.24) is 14.9 Å². The van der Waals surface area contributed by atoms with Gasteiger partial charge in [-0.2, -0.15) is 18.2 Å². The number of ether oxygens (including phenoxy) is 1. The monoisotopic (exact) mass is 786 g/mol. The Morgan fingerprint density at radius 3 is 2.41 bits per heavy atom. The number of allylic oxidation sites excluding steroid dienone is 2. The number of aromatic nitrogens is 1. The van der Waals surface area contributed by atoms with Gasteiger partial charge in [-0.05, 0) is 55.0 Å². The van der Waals surface area contributed by atoms with E-state index in [2.05, 4.69) is 10.4 Å². The van der Waals surface area contributed by atoms with Crippen LogP contribution < -0.4 is 10.2 Å². The van der Waals surface area contributed by atoms with Crippen LogP contribution >= 0.6 is 23.2 Å². The molecule has 4 amide bonds. The molecule has 7 rings (SSSR count). The second kappa shape index (κ2) is 13.6. The molecule has 0 bridgehead atoms. The van der Waals surface area contributed by atoms with E-state index < -0.39 is 87.2 Å². The highest BCUT2D eigenvalue weighted by Gasteiger charge is 2.70. The number of alkyl halides is 3. The second-order valence-electron chi connectivity index (χ2n) is 13.7. The number of carbonyl (C=O) groups excluding carboxylic acids is 4. The van der Waals surface area contributed by atoms with Gasteiger partial charge in [0.15, 0.2) is 5.82 Å². The number of hydrogen-bond acceptors (Lipinski definition) is 9. The number of hydrazine groups is 1. The van der Waals surface area contributed by atoms with Crippen LogP contribution in [0.15, 0.2) is 66.4 Å². The summed E-state index contributed by atoms with van der Waals surface area (Å²) in [6.07, 6.45) is -2.69. The number of nitrogens with zero attached hydrogens (tertiary/aromatic N) is 3. The Morgan fingerprint density at radius 1 is 1.04 bits per heavy atom. The molecular weight excluding hydrogens is 756 g/mol. The Labute approximate surface area is 315 Å². The smallest absolute Gasteiger partial charge is 0.417 e. The fraction of sp³-hybridized carbons (Fsp3) is 0.351. The van der Waals surface area contributed by atoms with E-state index in [9.17, 15) is 37.5 Å². The van der Waals surface area contributed by atoms with Crippen molar-refractivity contribution in [2.24, 2.45) is 23.7 Å². The first-order chi connectivity index (χ1) is 25.6. The summed E-state index contributed by atoms with van der Waals surface area (Å²) in [5.74, 6) is -8.94. The standard InChI is InChI=1S/C37H31Cl2F3N4O8/c1-54-27-14-20(47)8-9-22(27)30-21-10-11-23-29(34(52)45(32(23)50)12-2-3-28(48)49)24(21)15-25-33(51)46(35(53)36(25,30)17-4-6-19(38)7-5-17)44-31-26(39)13-18(16-43-31)37(40,41)42/h4-10,13-14,16,23-25,29-30,47H,2-3,11-12,15H2,1H3,(H,43,44)(H,48,49). The summed E-state index contributed by atoms with van der Waals surface area (Å²) < 4.78 is 46.1. The Kier molecular flexibility index (Phi) is 9.37. The Bertz CT molecular complexity index is 2130. The Hall–Kier alpha value is -5.15. The Balaban J connectivity index is 1.41. The van der Waals surface area contributed by atoms with Crippen LogP contribution in [0.25, 0.3) is 0 Å². The van der Waals surface area contributed by atoms with Crippen LogP contribution in [-0.4, -0.2) is 68.4 Å². The number of methoxy groups -OCH3 is 1. The number of phenols is 1. The third-order valence-electron chi connectivity index (χ3n) is 10.9. The molecule has 54 heavy (non-hydrogen) atoms. The number of likely N-dealkylation sites (tertiary alicyclic amines) is 1. The topological polar surface area (TPSA) is 166 Å². The van der Waals surface area contributed by atoms with Crippen molar-refractivity contribution in [1.29, 1.82) is 0 Å². The number of pyridine rings is 1. The maximum absolute atomic E-state index is 15.3. The number of hydrogen-bond donors (Lipinski definition) is 3. The molecule has 3 N–H and O–H groups in total. The van der Waals surface area contributed by atoms with E-state index in [0.29, 0.717) is 39.0 Å². The largest absolute Gasteiger partial charge is 0.508 e. The zero-order chi connectivity index (χ0) is 38.9. The van der Waals surface area contributed by atoms with Crippen molar-refractivity contribution < 1.29 is 52.1 Å². The molecule has 2 aromatic carbocycles. The SMILES string of the molecule is COc1cc(O)ccc1C1C2=CCC3C(=O)N(CCCC(=O)O)C(=O)C3C2CC2C(=O)N(Nc3ncc(C(F)(F)F)cc3Cl)C(=O)C21c1ccc(Cl)cc1. The van der Waals surface area contributed by atoms with Gasteiger partial charge in [0, 0.05) is 41.7 Å². The first-order valence-corrected chi connectivity index (χ1v) is 17.6. The number of phenolic OH excluding ortho intramolecular Hbond substituents is 1. The lowest BCUT2D eigenvalue weighted by atomic mass is 9.49. The number of amides is 4. The normalized spacial score (nSPS) is 26.3. The molecule has 1 saturated carbocycles. The predicted octanol–water partition coefficient (Wildman–Crippen LogP) is 5.97. The summed E-state index contributed by atoms with van der Waals surface area (Å²) in [4.78, 5) is 73.9. The zero-order valence-electron chi connectivity index (χ0n) is 28.3. The molecule has 4 aliphatic rings. The molecule has 3 heterocycles. The summed E-state index contributed by atoms with van der Waals surface area (Å²) >= 11 is 12.5. The minimum atomic E-state index is -4.77. The molecule has 17 heteroatoms. The van der Waals surface area contributed by atoms with Crippen molar-refractivity contribution in [2.45, 2.75) is 43.2 Å². The summed E-state index contributed by atoms with van der Waals surface area (Å²) in [6, 6.07) is 11.2. The van der Waals surface area contributed by atoms with Crippen molar-refractivity contribution in [2.75, 3.05) is 19.1 Å². The molecule has 282 valence electrons. The second-order valence-corrected chi connectivity index (χ2v) is 14.5. The van der Waals surface area contributed by atoms with Crippen LogP contribution in [0.2, 0.25) is 10.0 Å². The van der Waals surface area contributed by atoms with Gasteiger partial charge in [-0.25, -0.2) is 4.98 Å². The average molecular weight is 788 g/mol. The van der Waals surface area contributed by atoms with Crippen LogP contribution in [0.3, 0.4) is 0 Å². The van der Waals surface area contributed by atoms with Gasteiger partial charge >= 0.3 is 12.1 Å². The van der Waals surface area contributed by atoms with E-state index in [0.717, 1.165) is 4.90 Å². The van der Waals surface area contributed by atoms with Gasteiger partial charge in [-0.3, -0.25) is 34.3 Å². The lowest BCUT2D eigenvalue weighted by Crippen LogP contribution is -2.53. The summed E-state index contributed by atoms with van der Waals surface area (Å²) in [6.45, 7) is -0.109. The molecule has 2 aliphatic carbocycles. The number of carboxylic acid groups (broad SMARTS) is 1. The van der Waals surface area contributed by atoms with E-state index in [4.69, 9.17) is 33.0 Å². The lowest BCUT2D eigenvalue weighted by Gasteiger charge is -2.50. The number of aliphatic carboxylic acids is 1. The Morgan fingerprint density at radius 2 is 1.76 bits per heavy atom. The van der Waals surface area contributed by atoms with Gasteiger partial charge in [-0.1, -0.05) is 53.1 Å². The number of aromatic hydroxyl groups is 1. The minimum absolute atomic E-state index is 0.0427. The highest BCUT2D eigenvalue weighted by atomic mass is 35.5. The quantitative estimate of drug-likeness (QED) is 0.174. The van der Waals surface area contributed by atoms with Crippen LogP contribution in [0.1, 0.15) is 48.3 Å². The molecule has 0 spiro atoms. The fourth-order valence-corrected chi connectivity index (χ4v) is 9.07. The van der Waals surface area contributed by atoms with Crippen molar-refractivity contribution in [3.05, 3.63) is 93.1 Å². The molecule has 6 atom stereocenters. The highest BCUT2D eigenvalue weighted by molar-refractivity contribution is 6.33. The molecule has 3 fully saturated rings. The molecule has 6 unspecified atom stereocenters. The van der Waals surface area contributed by atoms with E-state index in [1.165, 1.54) is 19.2 Å². The van der Waals surface area contributed by atoms with Crippen molar-refractivity contribution in [3.8, 4) is 11.5 Å². The highest BCUT2D eigenvalue weighted by Crippen LogP contribution is 2.65. The molecule has 0 radical (unpaired) electrons. The lowest BCUT2D eigenvalue weighted by molar-refractivity contribution is -0.142. The number of carboxylic acids is 1. The third kappa shape index (κ3) is 5.84. The molecule has 3 aromatic rings. The van der Waals surface area contributed by atoms with E-state index in [-0.39, 0.29) is 43.7 Å². The zero-order valence-corrected chi connectivity index (χ0v) is 29.8. The molecule has 1 aromatic heterocycles. The minimum Gasteiger partial charge on any atom is -0.508 e. The first kappa shape index (κ1) is 37.2. The third-order valence-corrected chi connectivity index (χ3v) is 11.5. The summed E-state index contributed by atoms with van der Waals surface area (Å²) in [5, 5.41) is 20.1. The number of carbonyl (C=O) groups is 5. The van der Waals surface area contributed by atoms with Crippen LogP contribution in [0, 0.1) is 23.7 Å².